The van der Waals surface area contributed by atoms with E-state index >= 15 is 0 Å². The molecule has 18 heavy (non-hydrogen) atoms. The first kappa shape index (κ1) is 12.7. The molecule has 5 heteroatoms. The predicted octanol–water partition coefficient (Wildman–Crippen LogP) is 3.16. The number of hydrogen-bond acceptors (Lipinski definition) is 3. The van der Waals surface area contributed by atoms with E-state index in [1.165, 1.54) is 12.3 Å². The van der Waals surface area contributed by atoms with E-state index in [0.29, 0.717) is 0 Å². The second-order valence-electron chi connectivity index (χ2n) is 3.81. The number of rotatable bonds is 4. The number of hydrogen-bond donors (Lipinski definition) is 1. The fraction of sp³-hybridized carbons (Fsp3) is 0.231. The summed E-state index contributed by atoms with van der Waals surface area (Å²) in [6.45, 7) is 1.98. The van der Waals surface area contributed by atoms with Crippen molar-refractivity contribution in [2.75, 3.05) is 0 Å². The molecule has 0 aliphatic heterocycles. The number of aromatic nitrogens is 1. The van der Waals surface area contributed by atoms with Crippen LogP contribution in [0.4, 0.5) is 4.39 Å². The summed E-state index contributed by atoms with van der Waals surface area (Å²) in [4.78, 5) is 16.6. The summed E-state index contributed by atoms with van der Waals surface area (Å²) in [5, 5.41) is 4.79. The highest BCUT2D eigenvalue weighted by molar-refractivity contribution is 7.10. The van der Waals surface area contributed by atoms with Crippen molar-refractivity contribution in [3.8, 4) is 0 Å². The maximum Gasteiger partial charge on any atom is 0.254 e. The van der Waals surface area contributed by atoms with Crippen molar-refractivity contribution in [2.24, 2.45) is 0 Å². The molecule has 0 saturated carbocycles. The Kier molecular flexibility index (Phi) is 4.04. The summed E-state index contributed by atoms with van der Waals surface area (Å²) in [7, 11) is 0. The number of carbonyl (C=O) groups is 1. The third kappa shape index (κ3) is 2.73. The average molecular weight is 264 g/mol. The highest BCUT2D eigenvalue weighted by Crippen LogP contribution is 2.22. The van der Waals surface area contributed by atoms with E-state index in [1.54, 1.807) is 11.3 Å². The predicted molar refractivity (Wildman–Crippen MR) is 69.0 cm³/mol. The molecule has 0 spiro atoms. The van der Waals surface area contributed by atoms with Gasteiger partial charge in [0.2, 0.25) is 0 Å². The topological polar surface area (TPSA) is 42.0 Å². The molecule has 2 aromatic rings. The van der Waals surface area contributed by atoms with Crippen molar-refractivity contribution in [2.45, 2.75) is 19.4 Å². The number of thiophene rings is 1. The molecule has 0 aliphatic carbocycles. The van der Waals surface area contributed by atoms with Crippen LogP contribution in [0.1, 0.15) is 34.6 Å². The Balaban J connectivity index is 2.14. The van der Waals surface area contributed by atoms with Crippen molar-refractivity contribution in [1.82, 2.24) is 10.3 Å². The number of amides is 1. The molecule has 1 unspecified atom stereocenters. The molecule has 0 aliphatic rings. The van der Waals surface area contributed by atoms with Crippen LogP contribution in [-0.4, -0.2) is 10.9 Å². The minimum atomic E-state index is -0.601. The lowest BCUT2D eigenvalue weighted by atomic mass is 10.1. The SMILES string of the molecule is CCC(NC(=O)c1ccncc1F)c1cccs1. The lowest BCUT2D eigenvalue weighted by molar-refractivity contribution is 0.0932. The van der Waals surface area contributed by atoms with Crippen molar-refractivity contribution in [3.63, 3.8) is 0 Å². The first-order chi connectivity index (χ1) is 8.72. The quantitative estimate of drug-likeness (QED) is 0.921. The summed E-state index contributed by atoms with van der Waals surface area (Å²) < 4.78 is 13.4. The molecule has 3 nitrogen and oxygen atoms in total. The van der Waals surface area contributed by atoms with Gasteiger partial charge in [0.1, 0.15) is 0 Å². The minimum Gasteiger partial charge on any atom is -0.344 e. The van der Waals surface area contributed by atoms with Gasteiger partial charge in [-0.2, -0.15) is 0 Å². The summed E-state index contributed by atoms with van der Waals surface area (Å²) in [5.41, 5.74) is 0.0278. The van der Waals surface area contributed by atoms with E-state index in [4.69, 9.17) is 0 Å². The summed E-state index contributed by atoms with van der Waals surface area (Å²) in [6.07, 6.45) is 3.21. The van der Waals surface area contributed by atoms with Gasteiger partial charge in [0, 0.05) is 11.1 Å². The molecule has 94 valence electrons. The van der Waals surface area contributed by atoms with Gasteiger partial charge in [0.15, 0.2) is 5.82 Å². The van der Waals surface area contributed by atoms with Crippen LogP contribution >= 0.6 is 11.3 Å². The Bertz CT molecular complexity index is 528. The standard InChI is InChI=1S/C13H13FN2OS/c1-2-11(12-4-3-7-18-12)16-13(17)9-5-6-15-8-10(9)14/h3-8,11H,2H2,1H3,(H,16,17). The summed E-state index contributed by atoms with van der Waals surface area (Å²) >= 11 is 1.58. The van der Waals surface area contributed by atoms with Crippen molar-refractivity contribution >= 4 is 17.2 Å². The Hall–Kier alpha value is -1.75. The molecule has 0 saturated heterocycles. The fourth-order valence-electron chi connectivity index (χ4n) is 1.66. The molecular weight excluding hydrogens is 251 g/mol. The second kappa shape index (κ2) is 5.73. The Morgan fingerprint density at radius 2 is 2.39 bits per heavy atom. The van der Waals surface area contributed by atoms with Crippen LogP contribution in [0.25, 0.3) is 0 Å². The van der Waals surface area contributed by atoms with Gasteiger partial charge in [0.25, 0.3) is 5.91 Å². The number of pyridine rings is 1. The van der Waals surface area contributed by atoms with Crippen LogP contribution in [0.15, 0.2) is 36.0 Å². The normalized spacial score (nSPS) is 12.1. The van der Waals surface area contributed by atoms with Crippen LogP contribution in [0, 0.1) is 5.82 Å². The van der Waals surface area contributed by atoms with Crippen LogP contribution in [-0.2, 0) is 0 Å². The zero-order valence-corrected chi connectivity index (χ0v) is 10.7. The first-order valence-electron chi connectivity index (χ1n) is 5.66. The van der Waals surface area contributed by atoms with Gasteiger partial charge in [-0.05, 0) is 23.9 Å². The Morgan fingerprint density at radius 3 is 3.00 bits per heavy atom. The van der Waals surface area contributed by atoms with Gasteiger partial charge in [-0.1, -0.05) is 13.0 Å². The average Bonchev–Trinajstić information content (AvgIpc) is 2.90. The van der Waals surface area contributed by atoms with Gasteiger partial charge in [0.05, 0.1) is 17.8 Å². The third-order valence-corrected chi connectivity index (χ3v) is 3.60. The molecule has 1 atom stereocenters. The molecule has 2 rings (SSSR count). The van der Waals surface area contributed by atoms with Gasteiger partial charge < -0.3 is 5.32 Å². The molecule has 0 bridgehead atoms. The van der Waals surface area contributed by atoms with Gasteiger partial charge in [-0.3, -0.25) is 9.78 Å². The molecule has 0 aromatic carbocycles. The van der Waals surface area contributed by atoms with E-state index in [2.05, 4.69) is 10.3 Å². The largest absolute Gasteiger partial charge is 0.344 e. The molecular formula is C13H13FN2OS. The number of halogens is 1. The van der Waals surface area contributed by atoms with Crippen molar-refractivity contribution in [3.05, 3.63) is 52.2 Å². The van der Waals surface area contributed by atoms with Crippen LogP contribution in [0.2, 0.25) is 0 Å². The lowest BCUT2D eigenvalue weighted by Crippen LogP contribution is -2.28. The van der Waals surface area contributed by atoms with E-state index in [9.17, 15) is 9.18 Å². The lowest BCUT2D eigenvalue weighted by Gasteiger charge is -2.15. The Morgan fingerprint density at radius 1 is 1.56 bits per heavy atom. The zero-order chi connectivity index (χ0) is 13.0. The van der Waals surface area contributed by atoms with Crippen LogP contribution in [0.3, 0.4) is 0 Å². The van der Waals surface area contributed by atoms with E-state index in [0.717, 1.165) is 17.5 Å². The number of carbonyl (C=O) groups excluding carboxylic acids is 1. The minimum absolute atomic E-state index is 0.0278. The van der Waals surface area contributed by atoms with Crippen LogP contribution < -0.4 is 5.32 Å². The van der Waals surface area contributed by atoms with E-state index in [1.807, 2.05) is 24.4 Å². The first-order valence-corrected chi connectivity index (χ1v) is 6.54. The summed E-state index contributed by atoms with van der Waals surface area (Å²) in [6, 6.07) is 5.19. The van der Waals surface area contributed by atoms with Gasteiger partial charge in [-0.25, -0.2) is 4.39 Å². The van der Waals surface area contributed by atoms with Crippen LogP contribution in [0.5, 0.6) is 0 Å². The highest BCUT2D eigenvalue weighted by atomic mass is 32.1. The maximum absolute atomic E-state index is 13.4. The molecule has 0 radical (unpaired) electrons. The van der Waals surface area contributed by atoms with Crippen molar-refractivity contribution < 1.29 is 9.18 Å². The highest BCUT2D eigenvalue weighted by Gasteiger charge is 2.17. The van der Waals surface area contributed by atoms with Crippen molar-refractivity contribution in [1.29, 1.82) is 0 Å². The third-order valence-electron chi connectivity index (χ3n) is 2.62. The molecule has 0 fully saturated rings. The maximum atomic E-state index is 13.4. The number of nitrogens with zero attached hydrogens (tertiary/aromatic N) is 1. The molecule has 2 aromatic heterocycles. The van der Waals surface area contributed by atoms with E-state index < -0.39 is 11.7 Å². The van der Waals surface area contributed by atoms with Gasteiger partial charge >= 0.3 is 0 Å². The number of nitrogens with one attached hydrogen (secondary N) is 1. The monoisotopic (exact) mass is 264 g/mol. The Labute approximate surface area is 109 Å². The molecule has 2 heterocycles. The molecule has 1 N–H and O–H groups in total. The van der Waals surface area contributed by atoms with E-state index in [-0.39, 0.29) is 11.6 Å². The zero-order valence-electron chi connectivity index (χ0n) is 9.89. The smallest absolute Gasteiger partial charge is 0.254 e. The summed E-state index contributed by atoms with van der Waals surface area (Å²) in [5.74, 6) is -1.01. The second-order valence-corrected chi connectivity index (χ2v) is 4.78. The molecule has 1 amide bonds. The fourth-order valence-corrected chi connectivity index (χ4v) is 2.52. The van der Waals surface area contributed by atoms with Gasteiger partial charge in [-0.15, -0.1) is 11.3 Å².